The first-order valence-electron chi connectivity index (χ1n) is 6.15. The van der Waals surface area contributed by atoms with Gasteiger partial charge in [-0.2, -0.15) is 0 Å². The lowest BCUT2D eigenvalue weighted by Crippen LogP contribution is -2.68. The molecule has 0 aromatic heterocycles. The van der Waals surface area contributed by atoms with E-state index in [1.807, 2.05) is 0 Å². The lowest BCUT2D eigenvalue weighted by atomic mass is 9.89. The van der Waals surface area contributed by atoms with Gasteiger partial charge >= 0.3 is 0 Å². The molecule has 3 rings (SSSR count). The van der Waals surface area contributed by atoms with Crippen molar-refractivity contribution in [1.29, 1.82) is 0 Å². The van der Waals surface area contributed by atoms with Crippen LogP contribution in [-0.2, 0) is 0 Å². The van der Waals surface area contributed by atoms with E-state index in [2.05, 4.69) is 15.5 Å². The third-order valence-corrected chi connectivity index (χ3v) is 4.16. The van der Waals surface area contributed by atoms with Crippen LogP contribution in [0.1, 0.15) is 25.7 Å². The van der Waals surface area contributed by atoms with Crippen molar-refractivity contribution in [2.24, 2.45) is 0 Å². The van der Waals surface area contributed by atoms with Gasteiger partial charge in [0, 0.05) is 31.2 Å². The van der Waals surface area contributed by atoms with Crippen molar-refractivity contribution in [3.63, 3.8) is 0 Å². The lowest BCUT2D eigenvalue weighted by molar-refractivity contribution is 0.0223. The van der Waals surface area contributed by atoms with Gasteiger partial charge in [0.15, 0.2) is 0 Å². The van der Waals surface area contributed by atoms with Crippen LogP contribution in [0.4, 0.5) is 0 Å². The molecule has 3 fully saturated rings. The zero-order valence-corrected chi connectivity index (χ0v) is 8.84. The highest BCUT2D eigenvalue weighted by atomic mass is 15.3. The second-order valence-electron chi connectivity index (χ2n) is 4.96. The van der Waals surface area contributed by atoms with Crippen LogP contribution >= 0.6 is 0 Å². The molecular weight excluding hydrogens is 174 g/mol. The molecule has 0 bridgehead atoms. The molecule has 3 unspecified atom stereocenters. The van der Waals surface area contributed by atoms with Crippen LogP contribution in [0.25, 0.3) is 0 Å². The second kappa shape index (κ2) is 3.80. The molecule has 3 atom stereocenters. The van der Waals surface area contributed by atoms with E-state index in [9.17, 15) is 0 Å². The second-order valence-corrected chi connectivity index (χ2v) is 4.96. The number of hydrogen-bond donors (Lipinski definition) is 2. The third kappa shape index (κ3) is 1.47. The van der Waals surface area contributed by atoms with Crippen LogP contribution in [0, 0.1) is 0 Å². The van der Waals surface area contributed by atoms with Crippen LogP contribution in [0.5, 0.6) is 0 Å². The van der Waals surface area contributed by atoms with E-state index in [0.29, 0.717) is 0 Å². The van der Waals surface area contributed by atoms with Crippen molar-refractivity contribution in [2.75, 3.05) is 26.2 Å². The van der Waals surface area contributed by atoms with Crippen molar-refractivity contribution in [1.82, 2.24) is 15.5 Å². The Morgan fingerprint density at radius 3 is 3.07 bits per heavy atom. The molecule has 0 aliphatic carbocycles. The summed E-state index contributed by atoms with van der Waals surface area (Å²) in [5.41, 5.74) is 0. The number of hydrogen-bond acceptors (Lipinski definition) is 3. The molecule has 0 aromatic rings. The van der Waals surface area contributed by atoms with Gasteiger partial charge in [-0.15, -0.1) is 0 Å². The van der Waals surface area contributed by atoms with Gasteiger partial charge in [-0.25, -0.2) is 0 Å². The molecule has 0 amide bonds. The molecule has 3 nitrogen and oxygen atoms in total. The number of piperidine rings is 2. The Labute approximate surface area is 86.2 Å². The van der Waals surface area contributed by atoms with Gasteiger partial charge in [0.25, 0.3) is 0 Å². The Morgan fingerprint density at radius 1 is 1.07 bits per heavy atom. The molecule has 80 valence electrons. The fraction of sp³-hybridized carbons (Fsp3) is 1.00. The normalized spacial score (nSPS) is 44.1. The topological polar surface area (TPSA) is 27.3 Å². The van der Waals surface area contributed by atoms with E-state index in [-0.39, 0.29) is 0 Å². The standard InChI is InChI=1S/C11H21N3/c1-2-6-14-9(3-1)7-13-10-8-12-5-4-11(10)14/h9-13H,1-8H2. The molecule has 3 saturated heterocycles. The van der Waals surface area contributed by atoms with E-state index in [0.717, 1.165) is 18.1 Å². The summed E-state index contributed by atoms with van der Waals surface area (Å²) in [5, 5.41) is 7.21. The van der Waals surface area contributed by atoms with Crippen molar-refractivity contribution in [3.05, 3.63) is 0 Å². The minimum Gasteiger partial charge on any atom is -0.315 e. The summed E-state index contributed by atoms with van der Waals surface area (Å²) >= 11 is 0. The number of nitrogens with zero attached hydrogens (tertiary/aromatic N) is 1. The van der Waals surface area contributed by atoms with E-state index >= 15 is 0 Å². The first kappa shape index (κ1) is 9.13. The Morgan fingerprint density at radius 2 is 2.07 bits per heavy atom. The molecule has 0 spiro atoms. The summed E-state index contributed by atoms with van der Waals surface area (Å²) in [7, 11) is 0. The number of rotatable bonds is 0. The monoisotopic (exact) mass is 195 g/mol. The highest BCUT2D eigenvalue weighted by Gasteiger charge is 2.38. The number of piperazine rings is 1. The zero-order chi connectivity index (χ0) is 9.38. The quantitative estimate of drug-likeness (QED) is 0.577. The van der Waals surface area contributed by atoms with Gasteiger partial charge in [-0.1, -0.05) is 6.42 Å². The van der Waals surface area contributed by atoms with E-state index in [1.54, 1.807) is 0 Å². The van der Waals surface area contributed by atoms with E-state index < -0.39 is 0 Å². The molecule has 3 aliphatic rings. The SMILES string of the molecule is C1CCN2C(C1)CNC1CNCCC12. The Kier molecular flexibility index (Phi) is 2.48. The average molecular weight is 195 g/mol. The third-order valence-electron chi connectivity index (χ3n) is 4.16. The van der Waals surface area contributed by atoms with Gasteiger partial charge in [0.05, 0.1) is 0 Å². The molecular formula is C11H21N3. The van der Waals surface area contributed by atoms with Crippen molar-refractivity contribution in [3.8, 4) is 0 Å². The first-order valence-corrected chi connectivity index (χ1v) is 6.15. The van der Waals surface area contributed by atoms with Crippen molar-refractivity contribution in [2.45, 2.75) is 43.8 Å². The smallest absolute Gasteiger partial charge is 0.0350 e. The van der Waals surface area contributed by atoms with Crippen LogP contribution in [0.2, 0.25) is 0 Å². The lowest BCUT2D eigenvalue weighted by Gasteiger charge is -2.51. The molecule has 14 heavy (non-hydrogen) atoms. The van der Waals surface area contributed by atoms with Gasteiger partial charge in [-0.05, 0) is 32.4 Å². The van der Waals surface area contributed by atoms with Crippen LogP contribution < -0.4 is 10.6 Å². The summed E-state index contributed by atoms with van der Waals surface area (Å²) in [6.07, 6.45) is 5.63. The van der Waals surface area contributed by atoms with Crippen LogP contribution in [-0.4, -0.2) is 49.2 Å². The molecule has 0 saturated carbocycles. The predicted octanol–water partition coefficient (Wildman–Crippen LogP) is 0.175. The highest BCUT2D eigenvalue weighted by molar-refractivity contribution is 4.99. The minimum atomic E-state index is 0.720. The predicted molar refractivity (Wildman–Crippen MR) is 57.4 cm³/mol. The molecule has 0 radical (unpaired) electrons. The maximum Gasteiger partial charge on any atom is 0.0350 e. The highest BCUT2D eigenvalue weighted by Crippen LogP contribution is 2.26. The molecule has 3 aliphatic heterocycles. The minimum absolute atomic E-state index is 0.720. The fourth-order valence-corrected chi connectivity index (χ4v) is 3.42. The van der Waals surface area contributed by atoms with Gasteiger partial charge in [0.2, 0.25) is 0 Å². The average Bonchev–Trinajstić information content (AvgIpc) is 2.29. The van der Waals surface area contributed by atoms with Gasteiger partial charge in [-0.3, -0.25) is 4.90 Å². The fourth-order valence-electron chi connectivity index (χ4n) is 3.42. The van der Waals surface area contributed by atoms with Crippen molar-refractivity contribution >= 4 is 0 Å². The summed E-state index contributed by atoms with van der Waals surface area (Å²) in [6.45, 7) is 4.97. The Hall–Kier alpha value is -0.120. The maximum absolute atomic E-state index is 3.72. The van der Waals surface area contributed by atoms with Crippen LogP contribution in [0.3, 0.4) is 0 Å². The van der Waals surface area contributed by atoms with Crippen molar-refractivity contribution < 1.29 is 0 Å². The summed E-state index contributed by atoms with van der Waals surface area (Å²) in [4.78, 5) is 2.80. The largest absolute Gasteiger partial charge is 0.315 e. The van der Waals surface area contributed by atoms with Gasteiger partial charge in [0.1, 0.15) is 0 Å². The van der Waals surface area contributed by atoms with E-state index in [4.69, 9.17) is 0 Å². The molecule has 0 aromatic carbocycles. The maximum atomic E-state index is 3.72. The summed E-state index contributed by atoms with van der Waals surface area (Å²) in [5.74, 6) is 0. The Balaban J connectivity index is 1.74. The molecule has 3 heteroatoms. The van der Waals surface area contributed by atoms with E-state index in [1.165, 1.54) is 51.9 Å². The number of nitrogens with one attached hydrogen (secondary N) is 2. The first-order chi connectivity index (χ1) is 6.95. The summed E-state index contributed by atoms with van der Waals surface area (Å²) in [6, 6.07) is 2.40. The summed E-state index contributed by atoms with van der Waals surface area (Å²) < 4.78 is 0. The molecule has 2 N–H and O–H groups in total. The molecule has 3 heterocycles. The van der Waals surface area contributed by atoms with Crippen LogP contribution in [0.15, 0.2) is 0 Å². The van der Waals surface area contributed by atoms with Gasteiger partial charge < -0.3 is 10.6 Å². The Bertz CT molecular complexity index is 185. The zero-order valence-electron chi connectivity index (χ0n) is 8.84. The number of fused-ring (bicyclic) bond motifs is 3.